The van der Waals surface area contributed by atoms with Gasteiger partial charge in [-0.15, -0.1) is 0 Å². The highest BCUT2D eigenvalue weighted by Crippen LogP contribution is 2.25. The van der Waals surface area contributed by atoms with Crippen molar-refractivity contribution in [3.05, 3.63) is 48.3 Å². The number of aromatic nitrogens is 2. The Kier molecular flexibility index (Phi) is 5.37. The number of rotatable bonds is 7. The highest BCUT2D eigenvalue weighted by atomic mass is 16.3. The molecule has 2 N–H and O–H groups in total. The number of hydrogen-bond donors (Lipinski definition) is 2. The number of nitrogens with one attached hydrogen (secondary N) is 1. The molecule has 2 aromatic rings. The average molecular weight is 301 g/mol. The van der Waals surface area contributed by atoms with Crippen LogP contribution < -0.4 is 5.32 Å². The van der Waals surface area contributed by atoms with Crippen LogP contribution >= 0.6 is 0 Å². The summed E-state index contributed by atoms with van der Waals surface area (Å²) in [5.74, 6) is 0.269. The normalized spacial score (nSPS) is 13.5. The van der Waals surface area contributed by atoms with Gasteiger partial charge in [0.25, 0.3) is 0 Å². The summed E-state index contributed by atoms with van der Waals surface area (Å²) in [6.45, 7) is 9.90. The molecule has 1 unspecified atom stereocenters. The van der Waals surface area contributed by atoms with Gasteiger partial charge >= 0.3 is 0 Å². The summed E-state index contributed by atoms with van der Waals surface area (Å²) in [5, 5.41) is 17.9. The van der Waals surface area contributed by atoms with E-state index < -0.39 is 0 Å². The molecule has 0 fully saturated rings. The summed E-state index contributed by atoms with van der Waals surface area (Å²) in [7, 11) is 0. The van der Waals surface area contributed by atoms with Crippen LogP contribution in [0.4, 0.5) is 0 Å². The predicted octanol–water partition coefficient (Wildman–Crippen LogP) is 3.01. The third-order valence-corrected chi connectivity index (χ3v) is 4.05. The maximum Gasteiger partial charge on any atom is 0.0645 e. The zero-order chi connectivity index (χ0) is 16.2. The van der Waals surface area contributed by atoms with Gasteiger partial charge in [0.1, 0.15) is 0 Å². The number of aliphatic hydroxyl groups excluding tert-OH is 1. The Balaban J connectivity index is 1.87. The minimum atomic E-state index is -0.304. The topological polar surface area (TPSA) is 50.1 Å². The van der Waals surface area contributed by atoms with Crippen LogP contribution in [-0.2, 0) is 6.54 Å². The first-order valence-electron chi connectivity index (χ1n) is 7.88. The molecular formula is C18H27N3O. The van der Waals surface area contributed by atoms with Crippen LogP contribution in [0.15, 0.2) is 42.7 Å². The summed E-state index contributed by atoms with van der Waals surface area (Å²) >= 11 is 0. The monoisotopic (exact) mass is 301 g/mol. The SMILES string of the molecule is CC(C)C(O)C(C)(C)CNCc1ccc(-n2cccn2)cc1. The van der Waals surface area contributed by atoms with Gasteiger partial charge < -0.3 is 10.4 Å². The standard InChI is InChI=1S/C18H27N3O/c1-14(2)17(22)18(3,4)13-19-12-15-6-8-16(9-7-15)21-11-5-10-20-21/h5-11,14,17,19,22H,12-13H2,1-4H3. The molecule has 4 nitrogen and oxygen atoms in total. The lowest BCUT2D eigenvalue weighted by Gasteiger charge is -2.33. The highest BCUT2D eigenvalue weighted by Gasteiger charge is 2.29. The molecule has 1 atom stereocenters. The van der Waals surface area contributed by atoms with Crippen molar-refractivity contribution in [2.45, 2.75) is 40.3 Å². The average Bonchev–Trinajstić information content (AvgIpc) is 3.01. The number of nitrogens with zero attached hydrogens (tertiary/aromatic N) is 2. The molecule has 0 aliphatic carbocycles. The van der Waals surface area contributed by atoms with Crippen LogP contribution in [0.25, 0.3) is 5.69 Å². The second-order valence-corrected chi connectivity index (χ2v) is 6.90. The first-order chi connectivity index (χ1) is 10.4. The Morgan fingerprint density at radius 1 is 1.23 bits per heavy atom. The van der Waals surface area contributed by atoms with E-state index in [4.69, 9.17) is 0 Å². The summed E-state index contributed by atoms with van der Waals surface area (Å²) in [6.07, 6.45) is 3.41. The Bertz CT molecular complexity index is 559. The van der Waals surface area contributed by atoms with Gasteiger partial charge in [-0.1, -0.05) is 39.8 Å². The van der Waals surface area contributed by atoms with Gasteiger partial charge in [0.05, 0.1) is 11.8 Å². The van der Waals surface area contributed by atoms with Gasteiger partial charge in [0, 0.05) is 30.9 Å². The first kappa shape index (κ1) is 16.7. The van der Waals surface area contributed by atoms with E-state index in [1.54, 1.807) is 6.20 Å². The maximum absolute atomic E-state index is 10.2. The molecule has 1 aromatic carbocycles. The predicted molar refractivity (Wildman–Crippen MR) is 89.9 cm³/mol. The third-order valence-electron chi connectivity index (χ3n) is 4.05. The number of aliphatic hydroxyl groups is 1. The van der Waals surface area contributed by atoms with E-state index in [0.717, 1.165) is 18.8 Å². The summed E-state index contributed by atoms with van der Waals surface area (Å²) in [6, 6.07) is 10.3. The second-order valence-electron chi connectivity index (χ2n) is 6.90. The second kappa shape index (κ2) is 7.07. The van der Waals surface area contributed by atoms with E-state index in [0.29, 0.717) is 0 Å². The van der Waals surface area contributed by atoms with E-state index in [1.165, 1.54) is 5.56 Å². The first-order valence-corrected chi connectivity index (χ1v) is 7.88. The quantitative estimate of drug-likeness (QED) is 0.826. The molecule has 0 aliphatic heterocycles. The lowest BCUT2D eigenvalue weighted by molar-refractivity contribution is 0.0134. The van der Waals surface area contributed by atoms with Crippen molar-refractivity contribution in [3.63, 3.8) is 0 Å². The molecular weight excluding hydrogens is 274 g/mol. The Morgan fingerprint density at radius 2 is 1.91 bits per heavy atom. The fraction of sp³-hybridized carbons (Fsp3) is 0.500. The van der Waals surface area contributed by atoms with Crippen molar-refractivity contribution in [3.8, 4) is 5.69 Å². The summed E-state index contributed by atoms with van der Waals surface area (Å²) < 4.78 is 1.85. The lowest BCUT2D eigenvalue weighted by Crippen LogP contribution is -2.41. The molecule has 22 heavy (non-hydrogen) atoms. The van der Waals surface area contributed by atoms with Crippen molar-refractivity contribution in [2.75, 3.05) is 6.54 Å². The minimum absolute atomic E-state index is 0.136. The van der Waals surface area contributed by atoms with Gasteiger partial charge in [-0.25, -0.2) is 4.68 Å². The zero-order valence-electron chi connectivity index (χ0n) is 14.0. The third kappa shape index (κ3) is 4.18. The minimum Gasteiger partial charge on any atom is -0.392 e. The van der Waals surface area contributed by atoms with Crippen molar-refractivity contribution in [1.82, 2.24) is 15.1 Å². The maximum atomic E-state index is 10.2. The molecule has 0 bridgehead atoms. The Hall–Kier alpha value is -1.65. The van der Waals surface area contributed by atoms with Crippen molar-refractivity contribution in [2.24, 2.45) is 11.3 Å². The fourth-order valence-corrected chi connectivity index (χ4v) is 2.72. The molecule has 0 saturated carbocycles. The van der Waals surface area contributed by atoms with E-state index in [-0.39, 0.29) is 17.4 Å². The molecule has 1 aromatic heterocycles. The van der Waals surface area contributed by atoms with Crippen LogP contribution in [0, 0.1) is 11.3 Å². The van der Waals surface area contributed by atoms with E-state index in [9.17, 15) is 5.11 Å². The van der Waals surface area contributed by atoms with Crippen LogP contribution in [0.2, 0.25) is 0 Å². The number of benzene rings is 1. The van der Waals surface area contributed by atoms with Crippen LogP contribution in [-0.4, -0.2) is 27.5 Å². The van der Waals surface area contributed by atoms with Crippen molar-refractivity contribution < 1.29 is 5.11 Å². The zero-order valence-corrected chi connectivity index (χ0v) is 14.0. The Morgan fingerprint density at radius 3 is 2.45 bits per heavy atom. The van der Waals surface area contributed by atoms with E-state index in [1.807, 2.05) is 16.9 Å². The molecule has 0 amide bonds. The van der Waals surface area contributed by atoms with Gasteiger partial charge in [0.2, 0.25) is 0 Å². The molecule has 0 radical (unpaired) electrons. The molecule has 0 spiro atoms. The lowest BCUT2D eigenvalue weighted by atomic mass is 9.80. The van der Waals surface area contributed by atoms with Gasteiger partial charge in [0.15, 0.2) is 0 Å². The Labute approximate surface area is 133 Å². The van der Waals surface area contributed by atoms with Crippen molar-refractivity contribution >= 4 is 0 Å². The molecule has 1 heterocycles. The molecule has 4 heteroatoms. The molecule has 2 rings (SSSR count). The fourth-order valence-electron chi connectivity index (χ4n) is 2.72. The van der Waals surface area contributed by atoms with Crippen LogP contribution in [0.5, 0.6) is 0 Å². The molecule has 0 saturated heterocycles. The van der Waals surface area contributed by atoms with Crippen LogP contribution in [0.3, 0.4) is 0 Å². The van der Waals surface area contributed by atoms with Crippen LogP contribution in [0.1, 0.15) is 33.3 Å². The number of hydrogen-bond acceptors (Lipinski definition) is 3. The molecule has 120 valence electrons. The summed E-state index contributed by atoms with van der Waals surface area (Å²) in [5.41, 5.74) is 2.15. The highest BCUT2D eigenvalue weighted by molar-refractivity contribution is 5.33. The molecule has 0 aliphatic rings. The van der Waals surface area contributed by atoms with Crippen molar-refractivity contribution in [1.29, 1.82) is 0 Å². The largest absolute Gasteiger partial charge is 0.392 e. The smallest absolute Gasteiger partial charge is 0.0645 e. The van der Waals surface area contributed by atoms with Gasteiger partial charge in [-0.2, -0.15) is 5.10 Å². The van der Waals surface area contributed by atoms with E-state index in [2.05, 4.69) is 62.4 Å². The van der Waals surface area contributed by atoms with E-state index >= 15 is 0 Å². The van der Waals surface area contributed by atoms with Gasteiger partial charge in [-0.3, -0.25) is 0 Å². The summed E-state index contributed by atoms with van der Waals surface area (Å²) in [4.78, 5) is 0. The van der Waals surface area contributed by atoms with Gasteiger partial charge in [-0.05, 0) is 29.7 Å².